The van der Waals surface area contributed by atoms with Gasteiger partial charge < -0.3 is 24.8 Å². The second-order valence-electron chi connectivity index (χ2n) is 12.9. The van der Waals surface area contributed by atoms with Crippen molar-refractivity contribution < 1.29 is 37.7 Å². The van der Waals surface area contributed by atoms with Gasteiger partial charge in [-0.1, -0.05) is 36.4 Å². The molecular formula is C33H43F2N3O6. The van der Waals surface area contributed by atoms with E-state index in [1.807, 2.05) is 30.3 Å². The molecule has 2 aromatic carbocycles. The van der Waals surface area contributed by atoms with Crippen LogP contribution in [0.2, 0.25) is 0 Å². The van der Waals surface area contributed by atoms with E-state index in [-0.39, 0.29) is 31.5 Å². The lowest BCUT2D eigenvalue weighted by Crippen LogP contribution is -2.69. The second-order valence-corrected chi connectivity index (χ2v) is 12.9. The molecule has 0 unspecified atom stereocenters. The number of aliphatic hydroxyl groups excluding tert-OH is 1. The molecule has 2 aromatic rings. The van der Waals surface area contributed by atoms with Gasteiger partial charge in [0.1, 0.15) is 35.0 Å². The summed E-state index contributed by atoms with van der Waals surface area (Å²) in [7, 11) is 0. The van der Waals surface area contributed by atoms with Crippen LogP contribution >= 0.6 is 0 Å². The van der Waals surface area contributed by atoms with Crippen molar-refractivity contribution in [3.05, 3.63) is 83.9 Å². The van der Waals surface area contributed by atoms with Crippen molar-refractivity contribution >= 4 is 18.1 Å². The molecule has 0 aliphatic carbocycles. The van der Waals surface area contributed by atoms with E-state index in [1.165, 1.54) is 9.80 Å². The third-order valence-electron chi connectivity index (χ3n) is 6.76. The Morgan fingerprint density at radius 2 is 1.61 bits per heavy atom. The molecule has 2 N–H and O–H groups in total. The number of hydrogen-bond donors (Lipinski definition) is 2. The van der Waals surface area contributed by atoms with Gasteiger partial charge in [0.05, 0.1) is 12.1 Å². The van der Waals surface area contributed by atoms with Crippen LogP contribution in [0.15, 0.2) is 61.2 Å². The first-order chi connectivity index (χ1) is 20.5. The number of piperazine rings is 1. The number of amides is 3. The third kappa shape index (κ3) is 9.77. The molecule has 3 amide bonds. The molecule has 1 fully saturated rings. The Bertz CT molecular complexity index is 1300. The predicted octanol–water partition coefficient (Wildman–Crippen LogP) is 5.35. The average molecular weight is 616 g/mol. The van der Waals surface area contributed by atoms with E-state index in [9.17, 15) is 28.3 Å². The molecule has 240 valence electrons. The molecule has 0 aromatic heterocycles. The van der Waals surface area contributed by atoms with E-state index < -0.39 is 65.2 Å². The molecule has 0 bridgehead atoms. The highest BCUT2D eigenvalue weighted by molar-refractivity contribution is 5.88. The third-order valence-corrected chi connectivity index (χ3v) is 6.76. The number of rotatable bonds is 9. The van der Waals surface area contributed by atoms with Crippen molar-refractivity contribution in [2.24, 2.45) is 0 Å². The summed E-state index contributed by atoms with van der Waals surface area (Å²) in [4.78, 5) is 43.5. The van der Waals surface area contributed by atoms with Gasteiger partial charge in [-0.15, -0.1) is 6.58 Å². The number of halogens is 2. The normalized spacial score (nSPS) is 18.8. The number of nitrogens with zero attached hydrogens (tertiary/aromatic N) is 2. The van der Waals surface area contributed by atoms with Gasteiger partial charge in [0.2, 0.25) is 5.91 Å². The minimum atomic E-state index is -1.75. The van der Waals surface area contributed by atoms with Crippen molar-refractivity contribution in [1.29, 1.82) is 0 Å². The molecule has 3 rings (SSSR count). The van der Waals surface area contributed by atoms with Crippen LogP contribution in [0.3, 0.4) is 0 Å². The summed E-state index contributed by atoms with van der Waals surface area (Å²) in [6.07, 6.45) is -1.93. The number of carbonyl (C=O) groups is 3. The van der Waals surface area contributed by atoms with Gasteiger partial charge in [0, 0.05) is 19.2 Å². The van der Waals surface area contributed by atoms with Gasteiger partial charge in [-0.05, 0) is 77.6 Å². The summed E-state index contributed by atoms with van der Waals surface area (Å²) in [6.45, 7) is 14.1. The summed E-state index contributed by atoms with van der Waals surface area (Å²) in [5, 5.41) is 14.5. The van der Waals surface area contributed by atoms with E-state index >= 15 is 0 Å². The highest BCUT2D eigenvalue weighted by Crippen LogP contribution is 2.28. The molecule has 0 saturated carbocycles. The quantitative estimate of drug-likeness (QED) is 0.368. The molecule has 0 radical (unpaired) electrons. The zero-order valence-electron chi connectivity index (χ0n) is 26.2. The van der Waals surface area contributed by atoms with Gasteiger partial charge in [-0.2, -0.15) is 0 Å². The summed E-state index contributed by atoms with van der Waals surface area (Å²) in [5.74, 6) is -2.29. The van der Waals surface area contributed by atoms with Gasteiger partial charge in [-0.25, -0.2) is 18.4 Å². The van der Waals surface area contributed by atoms with Crippen molar-refractivity contribution in [3.63, 3.8) is 0 Å². The molecule has 1 aliphatic heterocycles. The lowest BCUT2D eigenvalue weighted by Gasteiger charge is -2.48. The van der Waals surface area contributed by atoms with E-state index in [0.29, 0.717) is 6.07 Å². The van der Waals surface area contributed by atoms with Gasteiger partial charge in [-0.3, -0.25) is 9.69 Å². The van der Waals surface area contributed by atoms with Crippen molar-refractivity contribution in [1.82, 2.24) is 15.1 Å². The maximum Gasteiger partial charge on any atom is 0.411 e. The number of nitrogens with one attached hydrogen (secondary N) is 1. The SMILES string of the molecule is C=CC[C@H]1CN(Cc2ccccc2)C(=O)[C@@H]([C@@H](O)[C@H](Cc2cc(F)cc(F)c2)NC(=O)OC(C)(C)C)N1C(=O)OC(C)(C)C. The molecule has 44 heavy (non-hydrogen) atoms. The molecule has 0 spiro atoms. The molecule has 9 nitrogen and oxygen atoms in total. The van der Waals surface area contributed by atoms with Crippen LogP contribution in [0, 0.1) is 11.6 Å². The van der Waals surface area contributed by atoms with Crippen LogP contribution in [0.4, 0.5) is 18.4 Å². The van der Waals surface area contributed by atoms with Crippen LogP contribution in [0.5, 0.6) is 0 Å². The lowest BCUT2D eigenvalue weighted by molar-refractivity contribution is -0.152. The van der Waals surface area contributed by atoms with E-state index in [4.69, 9.17) is 9.47 Å². The van der Waals surface area contributed by atoms with E-state index in [1.54, 1.807) is 47.6 Å². The number of carbonyl (C=O) groups excluding carboxylic acids is 3. The van der Waals surface area contributed by atoms with Crippen LogP contribution in [-0.4, -0.2) is 75.0 Å². The molecular weight excluding hydrogens is 572 g/mol. The molecule has 1 heterocycles. The van der Waals surface area contributed by atoms with Crippen molar-refractivity contribution in [2.75, 3.05) is 6.54 Å². The van der Waals surface area contributed by atoms with Crippen molar-refractivity contribution in [2.45, 2.75) is 96.4 Å². The Hall–Kier alpha value is -3.99. The summed E-state index contributed by atoms with van der Waals surface area (Å²) in [5.41, 5.74) is -0.896. The highest BCUT2D eigenvalue weighted by Gasteiger charge is 2.50. The summed E-state index contributed by atoms with van der Waals surface area (Å²) >= 11 is 0. The fourth-order valence-electron chi connectivity index (χ4n) is 5.10. The van der Waals surface area contributed by atoms with Gasteiger partial charge >= 0.3 is 12.2 Å². The second kappa shape index (κ2) is 14.2. The monoisotopic (exact) mass is 615 g/mol. The van der Waals surface area contributed by atoms with E-state index in [0.717, 1.165) is 17.7 Å². The number of ether oxygens (including phenoxy) is 2. The average Bonchev–Trinajstić information content (AvgIpc) is 2.87. The molecule has 1 saturated heterocycles. The Morgan fingerprint density at radius 1 is 1.02 bits per heavy atom. The number of aliphatic hydroxyl groups is 1. The number of benzene rings is 2. The topological polar surface area (TPSA) is 108 Å². The minimum Gasteiger partial charge on any atom is -0.444 e. The van der Waals surface area contributed by atoms with Gasteiger partial charge in [0.15, 0.2) is 0 Å². The Morgan fingerprint density at radius 3 is 2.16 bits per heavy atom. The number of hydrogen-bond acceptors (Lipinski definition) is 6. The highest BCUT2D eigenvalue weighted by atomic mass is 19.1. The number of alkyl carbamates (subject to hydrolysis) is 1. The molecule has 11 heteroatoms. The predicted molar refractivity (Wildman–Crippen MR) is 162 cm³/mol. The standard InChI is InChI=1S/C33H43F2N3O6/c1-8-12-25-20-37(19-21-13-10-9-11-14-21)29(40)27(38(25)31(42)44-33(5,6)7)28(39)26(36-30(41)43-32(2,3)4)17-22-15-23(34)18-24(35)16-22/h8-11,13-16,18,25-28,39H,1,12,17,19-20H2,2-7H3,(H,36,41)/t25-,26-,27+,28-/m0/s1. The lowest BCUT2D eigenvalue weighted by atomic mass is 9.91. The maximum atomic E-state index is 14.2. The summed E-state index contributed by atoms with van der Waals surface area (Å²) < 4.78 is 39.4. The van der Waals surface area contributed by atoms with Crippen LogP contribution in [0.1, 0.15) is 59.1 Å². The fraction of sp³-hybridized carbons (Fsp3) is 0.485. The smallest absolute Gasteiger partial charge is 0.411 e. The minimum absolute atomic E-state index is 0.110. The van der Waals surface area contributed by atoms with E-state index in [2.05, 4.69) is 11.9 Å². The first-order valence-corrected chi connectivity index (χ1v) is 14.5. The van der Waals surface area contributed by atoms with Crippen LogP contribution in [-0.2, 0) is 27.2 Å². The molecule has 1 aliphatic rings. The first-order valence-electron chi connectivity index (χ1n) is 14.5. The fourth-order valence-corrected chi connectivity index (χ4v) is 5.10. The van der Waals surface area contributed by atoms with Crippen LogP contribution in [0.25, 0.3) is 0 Å². The maximum absolute atomic E-state index is 14.2. The first kappa shape index (κ1) is 34.5. The largest absolute Gasteiger partial charge is 0.444 e. The zero-order valence-corrected chi connectivity index (χ0v) is 26.2. The Kier molecular flexibility index (Phi) is 11.1. The van der Waals surface area contributed by atoms with Crippen molar-refractivity contribution in [3.8, 4) is 0 Å². The molecule has 4 atom stereocenters. The Balaban J connectivity index is 2.10. The summed E-state index contributed by atoms with van der Waals surface area (Å²) in [6, 6.07) is 8.57. The Labute approximate surface area is 257 Å². The zero-order chi connectivity index (χ0) is 32.8. The van der Waals surface area contributed by atoms with Gasteiger partial charge in [0.25, 0.3) is 0 Å². The van der Waals surface area contributed by atoms with Crippen LogP contribution < -0.4 is 5.32 Å².